The number of pyridine rings is 1. The van der Waals surface area contributed by atoms with E-state index in [-0.39, 0.29) is 16.7 Å². The Morgan fingerprint density at radius 2 is 1.85 bits per heavy atom. The predicted octanol–water partition coefficient (Wildman–Crippen LogP) is 0.943. The molecule has 3 aromatic rings. The van der Waals surface area contributed by atoms with Crippen LogP contribution >= 0.6 is 0 Å². The molecule has 0 spiro atoms. The molecule has 0 aromatic carbocycles. The number of amides is 1. The van der Waals surface area contributed by atoms with Crippen LogP contribution in [0.2, 0.25) is 0 Å². The molecule has 1 aliphatic heterocycles. The Kier molecular flexibility index (Phi) is 4.34. The first kappa shape index (κ1) is 17.5. The highest BCUT2D eigenvalue weighted by atomic mass is 32.2. The van der Waals surface area contributed by atoms with Gasteiger partial charge in [0.2, 0.25) is 0 Å². The number of carbonyl (C=O) groups excluding carboxylic acids is 1. The van der Waals surface area contributed by atoms with E-state index in [1.54, 1.807) is 29.4 Å². The highest BCUT2D eigenvalue weighted by molar-refractivity contribution is 7.90. The minimum Gasteiger partial charge on any atom is -0.339 e. The maximum Gasteiger partial charge on any atom is 0.253 e. The second kappa shape index (κ2) is 6.69. The lowest BCUT2D eigenvalue weighted by molar-refractivity contribution is 0.0710. The average molecular weight is 386 g/mol. The average Bonchev–Trinajstić information content (AvgIpc) is 3.15. The lowest BCUT2D eigenvalue weighted by Gasteiger charge is -2.32. The molecule has 4 heterocycles. The Hall–Kier alpha value is -2.88. The third-order valence-corrected chi connectivity index (χ3v) is 5.92. The van der Waals surface area contributed by atoms with Crippen molar-refractivity contribution in [3.8, 4) is 0 Å². The molecule has 0 saturated carbocycles. The molecule has 0 N–H and O–H groups in total. The van der Waals surface area contributed by atoms with Gasteiger partial charge in [0.05, 0.1) is 11.9 Å². The molecule has 1 amide bonds. The van der Waals surface area contributed by atoms with Crippen molar-refractivity contribution < 1.29 is 13.2 Å². The molecule has 0 atom stereocenters. The van der Waals surface area contributed by atoms with E-state index in [0.717, 1.165) is 0 Å². The van der Waals surface area contributed by atoms with E-state index >= 15 is 0 Å². The molecule has 140 valence electrons. The van der Waals surface area contributed by atoms with Crippen LogP contribution in [-0.4, -0.2) is 63.1 Å². The summed E-state index contributed by atoms with van der Waals surface area (Å²) in [5.41, 5.74) is 1.19. The fraction of sp³-hybridized carbons (Fsp3) is 0.353. The summed E-state index contributed by atoms with van der Waals surface area (Å²) in [5, 5.41) is 4.16. The van der Waals surface area contributed by atoms with Gasteiger partial charge < -0.3 is 4.90 Å². The quantitative estimate of drug-likeness (QED) is 0.659. The van der Waals surface area contributed by atoms with Crippen molar-refractivity contribution in [2.75, 3.05) is 19.3 Å². The van der Waals surface area contributed by atoms with E-state index in [9.17, 15) is 13.2 Å². The highest BCUT2D eigenvalue weighted by Crippen LogP contribution is 2.32. The summed E-state index contributed by atoms with van der Waals surface area (Å²) in [6.07, 6.45) is 8.34. The Morgan fingerprint density at radius 3 is 2.52 bits per heavy atom. The SMILES string of the molecule is CS(=O)(=O)c1cnc2ncnn2c1C1CCN(C(=O)c2ccncc2)CC1. The number of piperidine rings is 1. The van der Waals surface area contributed by atoms with Gasteiger partial charge in [0.1, 0.15) is 11.2 Å². The first-order chi connectivity index (χ1) is 12.9. The smallest absolute Gasteiger partial charge is 0.253 e. The molecule has 9 nitrogen and oxygen atoms in total. The summed E-state index contributed by atoms with van der Waals surface area (Å²) in [6.45, 7) is 1.07. The summed E-state index contributed by atoms with van der Waals surface area (Å²) in [6, 6.07) is 3.38. The van der Waals surface area contributed by atoms with Gasteiger partial charge in [-0.15, -0.1) is 0 Å². The fourth-order valence-corrected chi connectivity index (χ4v) is 4.35. The molecule has 27 heavy (non-hydrogen) atoms. The van der Waals surface area contributed by atoms with Crippen LogP contribution in [0, 0.1) is 0 Å². The van der Waals surface area contributed by atoms with Crippen LogP contribution < -0.4 is 0 Å². The van der Waals surface area contributed by atoms with E-state index in [1.807, 2.05) is 0 Å². The van der Waals surface area contributed by atoms with E-state index < -0.39 is 9.84 Å². The second-order valence-electron chi connectivity index (χ2n) is 6.55. The zero-order valence-electron chi connectivity index (χ0n) is 14.7. The van der Waals surface area contributed by atoms with Gasteiger partial charge in [0.15, 0.2) is 9.84 Å². The molecule has 10 heteroatoms. The minimum absolute atomic E-state index is 0.0418. The molecule has 1 aliphatic rings. The Balaban J connectivity index is 1.62. The number of hydrogen-bond acceptors (Lipinski definition) is 7. The number of carbonyl (C=O) groups is 1. The van der Waals surface area contributed by atoms with Crippen LogP contribution in [0.5, 0.6) is 0 Å². The molecule has 4 rings (SSSR count). The van der Waals surface area contributed by atoms with Gasteiger partial charge in [-0.3, -0.25) is 9.78 Å². The number of hydrogen-bond donors (Lipinski definition) is 0. The van der Waals surface area contributed by atoms with Crippen LogP contribution in [0.15, 0.2) is 41.9 Å². The lowest BCUT2D eigenvalue weighted by atomic mass is 9.93. The number of sulfone groups is 1. The molecule has 0 radical (unpaired) electrons. The highest BCUT2D eigenvalue weighted by Gasteiger charge is 2.30. The summed E-state index contributed by atoms with van der Waals surface area (Å²) in [5.74, 6) is 0.274. The van der Waals surface area contributed by atoms with Crippen molar-refractivity contribution >= 4 is 21.5 Å². The van der Waals surface area contributed by atoms with Crippen LogP contribution in [-0.2, 0) is 9.84 Å². The number of fused-ring (bicyclic) bond motifs is 1. The van der Waals surface area contributed by atoms with Crippen LogP contribution in [0.3, 0.4) is 0 Å². The number of nitrogens with zero attached hydrogens (tertiary/aromatic N) is 6. The standard InChI is InChI=1S/C17H18N6O3S/c1-27(25,26)14-10-19-17-20-11-21-23(17)15(14)12-4-8-22(9-5-12)16(24)13-2-6-18-7-3-13/h2-3,6-7,10-12H,4-5,8-9H2,1H3. The first-order valence-electron chi connectivity index (χ1n) is 8.53. The van der Waals surface area contributed by atoms with E-state index in [2.05, 4.69) is 20.1 Å². The normalized spacial score (nSPS) is 16.0. The van der Waals surface area contributed by atoms with Gasteiger partial charge in [-0.25, -0.2) is 13.4 Å². The summed E-state index contributed by atoms with van der Waals surface area (Å²) < 4.78 is 26.0. The van der Waals surface area contributed by atoms with Crippen molar-refractivity contribution in [3.05, 3.63) is 48.3 Å². The predicted molar refractivity (Wildman–Crippen MR) is 96.0 cm³/mol. The third-order valence-electron chi connectivity index (χ3n) is 4.80. The fourth-order valence-electron chi connectivity index (χ4n) is 3.47. The van der Waals surface area contributed by atoms with Crippen molar-refractivity contribution in [3.63, 3.8) is 0 Å². The molecule has 0 bridgehead atoms. The topological polar surface area (TPSA) is 110 Å². The van der Waals surface area contributed by atoms with E-state index in [0.29, 0.717) is 43.0 Å². The van der Waals surface area contributed by atoms with Crippen molar-refractivity contribution in [2.45, 2.75) is 23.7 Å². The molecule has 1 saturated heterocycles. The van der Waals surface area contributed by atoms with Gasteiger partial charge in [0.25, 0.3) is 11.7 Å². The van der Waals surface area contributed by atoms with E-state index in [4.69, 9.17) is 0 Å². The summed E-state index contributed by atoms with van der Waals surface area (Å²) >= 11 is 0. The van der Waals surface area contributed by atoms with Gasteiger partial charge >= 0.3 is 0 Å². The monoisotopic (exact) mass is 386 g/mol. The van der Waals surface area contributed by atoms with Gasteiger partial charge in [0, 0.05) is 43.2 Å². The van der Waals surface area contributed by atoms with Crippen molar-refractivity contribution in [1.29, 1.82) is 0 Å². The van der Waals surface area contributed by atoms with Crippen molar-refractivity contribution in [2.24, 2.45) is 0 Å². The Morgan fingerprint density at radius 1 is 1.15 bits per heavy atom. The van der Waals surface area contributed by atoms with Gasteiger partial charge in [-0.05, 0) is 25.0 Å². The summed E-state index contributed by atoms with van der Waals surface area (Å²) in [7, 11) is -3.46. The largest absolute Gasteiger partial charge is 0.339 e. The zero-order chi connectivity index (χ0) is 19.0. The molecule has 1 fully saturated rings. The minimum atomic E-state index is -3.46. The molecule has 0 aliphatic carbocycles. The maximum absolute atomic E-state index is 12.6. The van der Waals surface area contributed by atoms with Gasteiger partial charge in [-0.2, -0.15) is 14.6 Å². The molecule has 0 unspecified atom stereocenters. The number of aromatic nitrogens is 5. The van der Waals surface area contributed by atoms with Crippen molar-refractivity contribution in [1.82, 2.24) is 29.5 Å². The first-order valence-corrected chi connectivity index (χ1v) is 10.4. The zero-order valence-corrected chi connectivity index (χ0v) is 15.5. The third kappa shape index (κ3) is 3.27. The summed E-state index contributed by atoms with van der Waals surface area (Å²) in [4.78, 5) is 26.6. The Labute approximate surface area is 156 Å². The van der Waals surface area contributed by atoms with E-state index in [1.165, 1.54) is 23.3 Å². The maximum atomic E-state index is 12.6. The lowest BCUT2D eigenvalue weighted by Crippen LogP contribution is -2.38. The van der Waals surface area contributed by atoms with Crippen LogP contribution in [0.1, 0.15) is 34.8 Å². The Bertz CT molecular complexity index is 1090. The number of likely N-dealkylation sites (tertiary alicyclic amines) is 1. The van der Waals surface area contributed by atoms with Crippen LogP contribution in [0.25, 0.3) is 5.78 Å². The van der Waals surface area contributed by atoms with Gasteiger partial charge in [-0.1, -0.05) is 0 Å². The number of rotatable bonds is 3. The molecule has 3 aromatic heterocycles. The molecular formula is C17H18N6O3S. The van der Waals surface area contributed by atoms with Crippen LogP contribution in [0.4, 0.5) is 0 Å². The molecular weight excluding hydrogens is 368 g/mol. The second-order valence-corrected chi connectivity index (χ2v) is 8.54.